The van der Waals surface area contributed by atoms with E-state index >= 15 is 0 Å². The van der Waals surface area contributed by atoms with E-state index in [1.165, 1.54) is 18.3 Å². The molecule has 0 radical (unpaired) electrons. The Bertz CT molecular complexity index is 629. The highest BCUT2D eigenvalue weighted by molar-refractivity contribution is 9.11. The number of hydrogen-bond acceptors (Lipinski definition) is 3. The number of amides is 1. The topological polar surface area (TPSA) is 54.9 Å². The van der Waals surface area contributed by atoms with E-state index in [2.05, 4.69) is 47.1 Å². The number of aromatic nitrogens is 2. The number of aryl methyl sites for hydroxylation is 1. The zero-order valence-corrected chi connectivity index (χ0v) is 12.9. The van der Waals surface area contributed by atoms with Crippen LogP contribution in [0.3, 0.4) is 0 Å². The van der Waals surface area contributed by atoms with Gasteiger partial charge in [-0.05, 0) is 62.5 Å². The fraction of sp³-hybridized carbons (Fsp3) is 0.0833. The second-order valence-corrected chi connectivity index (χ2v) is 5.37. The molecule has 4 nitrogen and oxygen atoms in total. The number of benzene rings is 1. The normalized spacial score (nSPS) is 10.3. The molecule has 0 saturated carbocycles. The highest BCUT2D eigenvalue weighted by atomic mass is 79.9. The summed E-state index contributed by atoms with van der Waals surface area (Å²) in [6.45, 7) is 1.72. The Morgan fingerprint density at radius 2 is 2.05 bits per heavy atom. The van der Waals surface area contributed by atoms with E-state index in [0.29, 0.717) is 14.8 Å². The smallest absolute Gasteiger partial charge is 0.257 e. The molecule has 0 unspecified atom stereocenters. The van der Waals surface area contributed by atoms with Gasteiger partial charge in [-0.1, -0.05) is 0 Å². The van der Waals surface area contributed by atoms with E-state index < -0.39 is 11.7 Å². The molecule has 2 aromatic rings. The lowest BCUT2D eigenvalue weighted by Crippen LogP contribution is -2.14. The first-order valence-corrected chi connectivity index (χ1v) is 6.81. The molecule has 1 N–H and O–H groups in total. The van der Waals surface area contributed by atoms with Gasteiger partial charge in [-0.3, -0.25) is 4.79 Å². The zero-order valence-electron chi connectivity index (χ0n) is 9.75. The third kappa shape index (κ3) is 3.57. The molecule has 2 rings (SSSR count). The molecule has 0 saturated heterocycles. The van der Waals surface area contributed by atoms with Crippen LogP contribution in [0.1, 0.15) is 15.9 Å². The Morgan fingerprint density at radius 1 is 1.32 bits per heavy atom. The van der Waals surface area contributed by atoms with Gasteiger partial charge in [0.05, 0.1) is 6.20 Å². The highest BCUT2D eigenvalue weighted by Gasteiger charge is 2.12. The Hall–Kier alpha value is -1.34. The third-order valence-corrected chi connectivity index (χ3v) is 3.17. The molecule has 1 amide bonds. The van der Waals surface area contributed by atoms with Crippen LogP contribution >= 0.6 is 31.9 Å². The summed E-state index contributed by atoms with van der Waals surface area (Å²) in [5.74, 6) is -0.624. The Balaban J connectivity index is 2.25. The van der Waals surface area contributed by atoms with Gasteiger partial charge in [-0.15, -0.1) is 0 Å². The van der Waals surface area contributed by atoms with Crippen LogP contribution in [0.5, 0.6) is 0 Å². The number of anilines is 1. The van der Waals surface area contributed by atoms with Gasteiger partial charge >= 0.3 is 0 Å². The quantitative estimate of drug-likeness (QED) is 0.853. The molecule has 98 valence electrons. The highest BCUT2D eigenvalue weighted by Crippen LogP contribution is 2.20. The van der Waals surface area contributed by atoms with Gasteiger partial charge in [0, 0.05) is 5.56 Å². The monoisotopic (exact) mass is 387 g/mol. The first-order valence-electron chi connectivity index (χ1n) is 5.22. The van der Waals surface area contributed by atoms with Gasteiger partial charge < -0.3 is 5.32 Å². The van der Waals surface area contributed by atoms with Crippen LogP contribution in [-0.4, -0.2) is 15.9 Å². The van der Waals surface area contributed by atoms with Gasteiger partial charge in [0.1, 0.15) is 15.0 Å². The van der Waals surface area contributed by atoms with Crippen molar-refractivity contribution >= 4 is 43.6 Å². The average molecular weight is 389 g/mol. The van der Waals surface area contributed by atoms with Crippen molar-refractivity contribution in [2.75, 3.05) is 5.32 Å². The maximum absolute atomic E-state index is 13.2. The van der Waals surface area contributed by atoms with Gasteiger partial charge in [0.15, 0.2) is 5.82 Å². The van der Waals surface area contributed by atoms with E-state index in [0.717, 1.165) is 0 Å². The van der Waals surface area contributed by atoms with Gasteiger partial charge in [-0.25, -0.2) is 14.4 Å². The van der Waals surface area contributed by atoms with E-state index in [-0.39, 0.29) is 11.4 Å². The van der Waals surface area contributed by atoms with E-state index in [9.17, 15) is 9.18 Å². The van der Waals surface area contributed by atoms with Gasteiger partial charge in [0.2, 0.25) is 0 Å². The summed E-state index contributed by atoms with van der Waals surface area (Å²) < 4.78 is 14.2. The maximum Gasteiger partial charge on any atom is 0.257 e. The lowest BCUT2D eigenvalue weighted by Gasteiger charge is -2.07. The first kappa shape index (κ1) is 14.1. The SMILES string of the molecule is Cc1cc(F)cc(C(=O)Nc2ncc(Br)nc2Br)c1. The summed E-state index contributed by atoms with van der Waals surface area (Å²) in [6, 6.07) is 4.12. The van der Waals surface area contributed by atoms with Gasteiger partial charge in [0.25, 0.3) is 5.91 Å². The lowest BCUT2D eigenvalue weighted by molar-refractivity contribution is 0.102. The molecule has 19 heavy (non-hydrogen) atoms. The molecule has 1 aromatic carbocycles. The number of rotatable bonds is 2. The summed E-state index contributed by atoms with van der Waals surface area (Å²) in [4.78, 5) is 20.0. The Labute approximate surface area is 125 Å². The lowest BCUT2D eigenvalue weighted by atomic mass is 10.1. The van der Waals surface area contributed by atoms with Crippen LogP contribution in [-0.2, 0) is 0 Å². The Morgan fingerprint density at radius 3 is 2.68 bits per heavy atom. The number of hydrogen-bond donors (Lipinski definition) is 1. The average Bonchev–Trinajstić information content (AvgIpc) is 2.31. The van der Waals surface area contributed by atoms with Crippen molar-refractivity contribution in [1.29, 1.82) is 0 Å². The molecule has 0 aliphatic heterocycles. The molecule has 1 aromatic heterocycles. The zero-order chi connectivity index (χ0) is 14.0. The molecule has 0 atom stereocenters. The predicted molar refractivity (Wildman–Crippen MR) is 76.5 cm³/mol. The number of nitrogens with one attached hydrogen (secondary N) is 1. The largest absolute Gasteiger partial charge is 0.304 e. The van der Waals surface area contributed by atoms with Crippen LogP contribution in [0.4, 0.5) is 10.2 Å². The van der Waals surface area contributed by atoms with Crippen LogP contribution in [0.15, 0.2) is 33.6 Å². The van der Waals surface area contributed by atoms with Crippen LogP contribution in [0.25, 0.3) is 0 Å². The Kier molecular flexibility index (Phi) is 4.26. The van der Waals surface area contributed by atoms with Crippen molar-refractivity contribution in [3.05, 3.63) is 50.5 Å². The van der Waals surface area contributed by atoms with E-state index in [1.54, 1.807) is 13.0 Å². The second kappa shape index (κ2) is 5.75. The number of carbonyl (C=O) groups is 1. The number of carbonyl (C=O) groups excluding carboxylic acids is 1. The minimum atomic E-state index is -0.453. The summed E-state index contributed by atoms with van der Waals surface area (Å²) in [5, 5.41) is 2.56. The third-order valence-electron chi connectivity index (χ3n) is 2.24. The maximum atomic E-state index is 13.2. The fourth-order valence-corrected chi connectivity index (χ4v) is 2.39. The predicted octanol–water partition coefficient (Wildman–Crippen LogP) is 3.70. The second-order valence-electron chi connectivity index (χ2n) is 3.80. The van der Waals surface area contributed by atoms with Crippen molar-refractivity contribution in [2.45, 2.75) is 6.92 Å². The van der Waals surface area contributed by atoms with Crippen molar-refractivity contribution in [3.8, 4) is 0 Å². The molecule has 0 bridgehead atoms. The molecule has 1 heterocycles. The molecule has 7 heteroatoms. The van der Waals surface area contributed by atoms with Crippen molar-refractivity contribution in [3.63, 3.8) is 0 Å². The first-order chi connectivity index (χ1) is 8.95. The van der Waals surface area contributed by atoms with Crippen LogP contribution < -0.4 is 5.32 Å². The molecule has 0 aliphatic carbocycles. The van der Waals surface area contributed by atoms with Crippen LogP contribution in [0.2, 0.25) is 0 Å². The molecule has 0 fully saturated rings. The summed E-state index contributed by atoms with van der Waals surface area (Å²) in [7, 11) is 0. The summed E-state index contributed by atoms with van der Waals surface area (Å²) in [5.41, 5.74) is 0.903. The van der Waals surface area contributed by atoms with Crippen molar-refractivity contribution < 1.29 is 9.18 Å². The summed E-state index contributed by atoms with van der Waals surface area (Å²) in [6.07, 6.45) is 1.46. The molecular formula is C12H8Br2FN3O. The van der Waals surface area contributed by atoms with Gasteiger partial charge in [-0.2, -0.15) is 0 Å². The molecule has 0 aliphatic rings. The number of nitrogens with zero attached hydrogens (tertiary/aromatic N) is 2. The standard InChI is InChI=1S/C12H8Br2FN3O/c1-6-2-7(4-8(15)3-6)12(19)18-11-10(14)17-9(13)5-16-11/h2-5H,1H3,(H,16,18,19). The number of halogens is 3. The van der Waals surface area contributed by atoms with Crippen LogP contribution in [0, 0.1) is 12.7 Å². The minimum Gasteiger partial charge on any atom is -0.304 e. The van der Waals surface area contributed by atoms with Crippen molar-refractivity contribution in [1.82, 2.24) is 9.97 Å². The molecular weight excluding hydrogens is 381 g/mol. The summed E-state index contributed by atoms with van der Waals surface area (Å²) >= 11 is 6.35. The van der Waals surface area contributed by atoms with Crippen molar-refractivity contribution in [2.24, 2.45) is 0 Å². The van der Waals surface area contributed by atoms with E-state index in [4.69, 9.17) is 0 Å². The minimum absolute atomic E-state index is 0.231. The fourth-order valence-electron chi connectivity index (χ4n) is 1.48. The van der Waals surface area contributed by atoms with E-state index in [1.807, 2.05) is 0 Å². The molecule has 0 spiro atoms.